The van der Waals surface area contributed by atoms with Crippen LogP contribution in [0.3, 0.4) is 0 Å². The molecule has 0 saturated carbocycles. The Morgan fingerprint density at radius 2 is 1.88 bits per heavy atom. The summed E-state index contributed by atoms with van der Waals surface area (Å²) in [6, 6.07) is 10.4. The van der Waals surface area contributed by atoms with Crippen molar-refractivity contribution in [2.24, 2.45) is 0 Å². The van der Waals surface area contributed by atoms with Crippen molar-refractivity contribution in [2.45, 2.75) is 6.42 Å². The van der Waals surface area contributed by atoms with E-state index in [-0.39, 0.29) is 11.7 Å². The van der Waals surface area contributed by atoms with Gasteiger partial charge >= 0.3 is 0 Å². The molecule has 0 spiro atoms. The van der Waals surface area contributed by atoms with E-state index in [1.807, 2.05) is 0 Å². The summed E-state index contributed by atoms with van der Waals surface area (Å²) in [4.78, 5) is 16.3. The molecule has 3 rings (SSSR count). The molecule has 128 valence electrons. The minimum atomic E-state index is -0.336. The van der Waals surface area contributed by atoms with Crippen molar-refractivity contribution in [2.75, 3.05) is 6.54 Å². The molecular formula is C17H12Cl2FN3O2. The fourth-order valence-corrected chi connectivity index (χ4v) is 2.39. The summed E-state index contributed by atoms with van der Waals surface area (Å²) in [5.41, 5.74) is 1.06. The Bertz CT molecular complexity index is 897. The normalized spacial score (nSPS) is 10.7. The van der Waals surface area contributed by atoms with E-state index in [2.05, 4.69) is 15.5 Å². The monoisotopic (exact) mass is 379 g/mol. The van der Waals surface area contributed by atoms with Gasteiger partial charge in [0.1, 0.15) is 5.82 Å². The molecule has 0 aliphatic rings. The average molecular weight is 380 g/mol. The van der Waals surface area contributed by atoms with Crippen molar-refractivity contribution in [3.63, 3.8) is 0 Å². The third-order valence-electron chi connectivity index (χ3n) is 3.38. The molecule has 0 radical (unpaired) electrons. The smallest absolute Gasteiger partial charge is 0.251 e. The summed E-state index contributed by atoms with van der Waals surface area (Å²) < 4.78 is 18.0. The molecule has 0 aliphatic heterocycles. The lowest BCUT2D eigenvalue weighted by atomic mass is 10.2. The van der Waals surface area contributed by atoms with E-state index in [9.17, 15) is 9.18 Å². The Morgan fingerprint density at radius 3 is 2.60 bits per heavy atom. The van der Waals surface area contributed by atoms with Gasteiger partial charge in [0, 0.05) is 24.1 Å². The van der Waals surface area contributed by atoms with Crippen LogP contribution in [0.4, 0.5) is 4.39 Å². The zero-order chi connectivity index (χ0) is 17.8. The van der Waals surface area contributed by atoms with Gasteiger partial charge < -0.3 is 9.84 Å². The topological polar surface area (TPSA) is 68.0 Å². The maximum absolute atomic E-state index is 12.9. The third-order valence-corrected chi connectivity index (χ3v) is 4.12. The molecule has 1 aromatic heterocycles. The summed E-state index contributed by atoms with van der Waals surface area (Å²) in [5.74, 6) is 0.119. The molecule has 1 amide bonds. The lowest BCUT2D eigenvalue weighted by Crippen LogP contribution is -2.25. The van der Waals surface area contributed by atoms with Gasteiger partial charge in [-0.25, -0.2) is 4.39 Å². The predicted octanol–water partition coefficient (Wildman–Crippen LogP) is 4.16. The Morgan fingerprint density at radius 1 is 1.12 bits per heavy atom. The van der Waals surface area contributed by atoms with E-state index >= 15 is 0 Å². The number of nitrogens with zero attached hydrogens (tertiary/aromatic N) is 2. The lowest BCUT2D eigenvalue weighted by molar-refractivity contribution is 0.0953. The molecule has 1 heterocycles. The largest absolute Gasteiger partial charge is 0.352 e. The summed E-state index contributed by atoms with van der Waals surface area (Å²) in [7, 11) is 0. The second-order valence-corrected chi connectivity index (χ2v) is 5.97. The number of rotatable bonds is 5. The van der Waals surface area contributed by atoms with Crippen LogP contribution < -0.4 is 5.32 Å². The van der Waals surface area contributed by atoms with Crippen molar-refractivity contribution >= 4 is 29.1 Å². The van der Waals surface area contributed by atoms with Gasteiger partial charge in [-0.3, -0.25) is 4.79 Å². The number of aromatic nitrogens is 2. The van der Waals surface area contributed by atoms with Gasteiger partial charge in [0.15, 0.2) is 0 Å². The minimum Gasteiger partial charge on any atom is -0.352 e. The molecule has 0 unspecified atom stereocenters. The lowest BCUT2D eigenvalue weighted by Gasteiger charge is -2.04. The van der Waals surface area contributed by atoms with Crippen LogP contribution in [0.1, 0.15) is 16.2 Å². The molecule has 0 aliphatic carbocycles. The van der Waals surface area contributed by atoms with Crippen LogP contribution in [0.25, 0.3) is 11.4 Å². The van der Waals surface area contributed by atoms with Crippen LogP contribution in [0.2, 0.25) is 10.0 Å². The summed E-state index contributed by atoms with van der Waals surface area (Å²) in [5, 5.41) is 7.27. The van der Waals surface area contributed by atoms with Crippen molar-refractivity contribution in [1.29, 1.82) is 0 Å². The molecule has 3 aromatic rings. The molecule has 0 atom stereocenters. The highest BCUT2D eigenvalue weighted by atomic mass is 35.5. The SMILES string of the molecule is O=C(NCCc1nc(-c2ccc(F)cc2)no1)c1ccc(Cl)c(Cl)c1. The van der Waals surface area contributed by atoms with Gasteiger partial charge in [0.2, 0.25) is 11.7 Å². The highest BCUT2D eigenvalue weighted by Gasteiger charge is 2.11. The first-order valence-electron chi connectivity index (χ1n) is 7.35. The van der Waals surface area contributed by atoms with Gasteiger partial charge in [-0.1, -0.05) is 28.4 Å². The molecular weight excluding hydrogens is 368 g/mol. The summed E-state index contributed by atoms with van der Waals surface area (Å²) in [6.45, 7) is 0.310. The van der Waals surface area contributed by atoms with Crippen LogP contribution >= 0.6 is 23.2 Å². The molecule has 0 saturated heterocycles. The highest BCUT2D eigenvalue weighted by molar-refractivity contribution is 6.42. The first-order valence-corrected chi connectivity index (χ1v) is 8.10. The number of benzene rings is 2. The first-order chi connectivity index (χ1) is 12.0. The van der Waals surface area contributed by atoms with Crippen molar-refractivity contribution in [1.82, 2.24) is 15.5 Å². The Balaban J connectivity index is 1.56. The first kappa shape index (κ1) is 17.4. The fourth-order valence-electron chi connectivity index (χ4n) is 2.10. The third kappa shape index (κ3) is 4.35. The number of halogens is 3. The quantitative estimate of drug-likeness (QED) is 0.722. The van der Waals surface area contributed by atoms with E-state index < -0.39 is 0 Å². The van der Waals surface area contributed by atoms with Gasteiger partial charge in [0.05, 0.1) is 10.0 Å². The average Bonchev–Trinajstić information content (AvgIpc) is 3.06. The summed E-state index contributed by atoms with van der Waals surface area (Å²) >= 11 is 11.7. The van der Waals surface area contributed by atoms with Crippen LogP contribution in [-0.4, -0.2) is 22.6 Å². The Kier molecular flexibility index (Phi) is 5.31. The van der Waals surface area contributed by atoms with E-state index in [0.29, 0.717) is 45.9 Å². The number of carbonyl (C=O) groups excluding carboxylic acids is 1. The number of nitrogens with one attached hydrogen (secondary N) is 1. The number of hydrogen-bond donors (Lipinski definition) is 1. The van der Waals surface area contributed by atoms with Crippen LogP contribution in [0, 0.1) is 5.82 Å². The zero-order valence-electron chi connectivity index (χ0n) is 12.8. The number of amides is 1. The van der Waals surface area contributed by atoms with Crippen molar-refractivity contribution < 1.29 is 13.7 Å². The van der Waals surface area contributed by atoms with Gasteiger partial charge in [-0.05, 0) is 42.5 Å². The molecule has 1 N–H and O–H groups in total. The second kappa shape index (κ2) is 7.63. The van der Waals surface area contributed by atoms with E-state index in [4.69, 9.17) is 27.7 Å². The van der Waals surface area contributed by atoms with Crippen LogP contribution in [0.15, 0.2) is 47.0 Å². The standard InChI is InChI=1S/C17H12Cl2FN3O2/c18-13-6-3-11(9-14(13)19)17(24)21-8-7-15-22-16(23-25-15)10-1-4-12(20)5-2-10/h1-6,9H,7-8H2,(H,21,24). The molecule has 2 aromatic carbocycles. The van der Waals surface area contributed by atoms with E-state index in [1.54, 1.807) is 24.3 Å². The summed E-state index contributed by atoms with van der Waals surface area (Å²) in [6.07, 6.45) is 0.362. The number of carbonyl (C=O) groups is 1. The van der Waals surface area contributed by atoms with Crippen molar-refractivity contribution in [3.05, 3.63) is 69.8 Å². The highest BCUT2D eigenvalue weighted by Crippen LogP contribution is 2.22. The predicted molar refractivity (Wildman–Crippen MR) is 92.2 cm³/mol. The molecule has 25 heavy (non-hydrogen) atoms. The van der Waals surface area contributed by atoms with Gasteiger partial charge in [-0.2, -0.15) is 4.98 Å². The van der Waals surface area contributed by atoms with Crippen molar-refractivity contribution in [3.8, 4) is 11.4 Å². The van der Waals surface area contributed by atoms with E-state index in [0.717, 1.165) is 0 Å². The maximum atomic E-state index is 12.9. The maximum Gasteiger partial charge on any atom is 0.251 e. The zero-order valence-corrected chi connectivity index (χ0v) is 14.3. The Labute approximate surface area is 152 Å². The molecule has 5 nitrogen and oxygen atoms in total. The second-order valence-electron chi connectivity index (χ2n) is 5.15. The van der Waals surface area contributed by atoms with Crippen LogP contribution in [-0.2, 0) is 6.42 Å². The molecule has 8 heteroatoms. The number of hydrogen-bond acceptors (Lipinski definition) is 4. The minimum absolute atomic E-state index is 0.281. The molecule has 0 bridgehead atoms. The van der Waals surface area contributed by atoms with Crippen LogP contribution in [0.5, 0.6) is 0 Å². The fraction of sp³-hybridized carbons (Fsp3) is 0.118. The Hall–Kier alpha value is -2.44. The van der Waals surface area contributed by atoms with Gasteiger partial charge in [-0.15, -0.1) is 0 Å². The van der Waals surface area contributed by atoms with Gasteiger partial charge in [0.25, 0.3) is 5.91 Å². The van der Waals surface area contributed by atoms with E-state index in [1.165, 1.54) is 18.2 Å². The molecule has 0 fully saturated rings.